The van der Waals surface area contributed by atoms with Crippen LogP contribution in [0.15, 0.2) is 78.4 Å². The van der Waals surface area contributed by atoms with Crippen LogP contribution in [-0.2, 0) is 9.59 Å². The molecule has 1 aromatic heterocycles. The summed E-state index contributed by atoms with van der Waals surface area (Å²) in [4.78, 5) is 32.6. The number of ether oxygens (including phenoxy) is 1. The van der Waals surface area contributed by atoms with Gasteiger partial charge in [0.2, 0.25) is 0 Å². The summed E-state index contributed by atoms with van der Waals surface area (Å²) in [5.74, 6) is -1.12. The van der Waals surface area contributed by atoms with Crippen LogP contribution in [-0.4, -0.2) is 28.9 Å². The zero-order valence-electron chi connectivity index (χ0n) is 18.0. The van der Waals surface area contributed by atoms with Crippen LogP contribution >= 0.6 is 11.3 Å². The van der Waals surface area contributed by atoms with Gasteiger partial charge in [0.1, 0.15) is 11.5 Å². The Morgan fingerprint density at radius 2 is 1.82 bits per heavy atom. The second-order valence-corrected chi connectivity index (χ2v) is 8.79. The quantitative estimate of drug-likeness (QED) is 0.258. The zero-order chi connectivity index (χ0) is 23.1. The maximum Gasteiger partial charge on any atom is 0.301 e. The lowest BCUT2D eigenvalue weighted by molar-refractivity contribution is -0.132. The van der Waals surface area contributed by atoms with Crippen molar-refractivity contribution >= 4 is 44.1 Å². The Bertz CT molecular complexity index is 1420. The molecule has 1 saturated heterocycles. The number of hydrogen-bond donors (Lipinski definition) is 1. The highest BCUT2D eigenvalue weighted by atomic mass is 32.1. The van der Waals surface area contributed by atoms with Crippen LogP contribution in [0.4, 0.5) is 5.13 Å². The van der Waals surface area contributed by atoms with Crippen LogP contribution in [0.1, 0.15) is 22.7 Å². The minimum atomic E-state index is -0.845. The second kappa shape index (κ2) is 8.18. The number of aryl methyl sites for hydroxylation is 1. The molecule has 0 bridgehead atoms. The number of carbonyl (C=O) groups is 2. The standard InChI is InChI=1S/C26H20N2O4S/c1-15-11-12-19-20(13-15)33-26(27-19)28-22(17-9-6-10-18(14-17)32-2)21(24(30)25(28)31)23(29)16-7-4-3-5-8-16/h3-14,22,29H,1-2H3/t22-/m0/s1. The molecule has 0 saturated carbocycles. The molecule has 1 aliphatic rings. The number of aromatic nitrogens is 1. The van der Waals surface area contributed by atoms with Crippen LogP contribution in [0.25, 0.3) is 16.0 Å². The van der Waals surface area contributed by atoms with Crippen LogP contribution < -0.4 is 9.64 Å². The molecule has 1 fully saturated rings. The first-order valence-corrected chi connectivity index (χ1v) is 11.2. The number of rotatable bonds is 4. The van der Waals surface area contributed by atoms with Crippen molar-refractivity contribution in [2.45, 2.75) is 13.0 Å². The van der Waals surface area contributed by atoms with Gasteiger partial charge in [-0.25, -0.2) is 4.98 Å². The minimum Gasteiger partial charge on any atom is -0.507 e. The third kappa shape index (κ3) is 3.56. The average molecular weight is 457 g/mol. The molecule has 5 rings (SSSR count). The number of hydrogen-bond acceptors (Lipinski definition) is 6. The second-order valence-electron chi connectivity index (χ2n) is 7.78. The van der Waals surface area contributed by atoms with Crippen molar-refractivity contribution in [3.8, 4) is 5.75 Å². The molecule has 0 spiro atoms. The predicted molar refractivity (Wildman–Crippen MR) is 129 cm³/mol. The molecule has 3 aromatic carbocycles. The Labute approximate surface area is 194 Å². The number of aliphatic hydroxyl groups excluding tert-OH is 1. The lowest BCUT2D eigenvalue weighted by Gasteiger charge is -2.23. The fourth-order valence-electron chi connectivity index (χ4n) is 4.03. The van der Waals surface area contributed by atoms with E-state index < -0.39 is 17.7 Å². The Kier molecular flexibility index (Phi) is 5.18. The van der Waals surface area contributed by atoms with Crippen molar-refractivity contribution < 1.29 is 19.4 Å². The first kappa shape index (κ1) is 20.9. The predicted octanol–water partition coefficient (Wildman–Crippen LogP) is 5.24. The van der Waals surface area contributed by atoms with Crippen LogP contribution in [0.3, 0.4) is 0 Å². The van der Waals surface area contributed by atoms with Crippen molar-refractivity contribution in [1.82, 2.24) is 4.98 Å². The van der Waals surface area contributed by atoms with Gasteiger partial charge in [0.05, 0.1) is 28.9 Å². The molecule has 1 amide bonds. The molecular weight excluding hydrogens is 436 g/mol. The van der Waals surface area contributed by atoms with Gasteiger partial charge in [0.15, 0.2) is 5.13 Å². The number of amides is 1. The summed E-state index contributed by atoms with van der Waals surface area (Å²) < 4.78 is 6.29. The monoisotopic (exact) mass is 456 g/mol. The number of fused-ring (bicyclic) bond motifs is 1. The lowest BCUT2D eigenvalue weighted by atomic mass is 9.95. The molecule has 1 aliphatic heterocycles. The molecule has 2 heterocycles. The average Bonchev–Trinajstić information content (AvgIpc) is 3.37. The number of ketones is 1. The molecule has 0 aliphatic carbocycles. The van der Waals surface area contributed by atoms with E-state index in [1.807, 2.05) is 37.3 Å². The van der Waals surface area contributed by atoms with Crippen LogP contribution in [0.5, 0.6) is 5.75 Å². The van der Waals surface area contributed by atoms with Gasteiger partial charge in [-0.1, -0.05) is 59.9 Å². The van der Waals surface area contributed by atoms with E-state index in [0.29, 0.717) is 22.0 Å². The smallest absolute Gasteiger partial charge is 0.301 e. The molecule has 1 N–H and O–H groups in total. The summed E-state index contributed by atoms with van der Waals surface area (Å²) in [6.07, 6.45) is 0. The molecule has 4 aromatic rings. The highest BCUT2D eigenvalue weighted by molar-refractivity contribution is 7.22. The summed E-state index contributed by atoms with van der Waals surface area (Å²) in [6, 6.07) is 20.9. The number of nitrogens with zero attached hydrogens (tertiary/aromatic N) is 2. The topological polar surface area (TPSA) is 79.7 Å². The summed E-state index contributed by atoms with van der Waals surface area (Å²) >= 11 is 1.34. The van der Waals surface area contributed by atoms with E-state index in [4.69, 9.17) is 4.74 Å². The first-order chi connectivity index (χ1) is 16.0. The van der Waals surface area contributed by atoms with Gasteiger partial charge in [-0.05, 0) is 42.3 Å². The molecule has 0 unspecified atom stereocenters. The number of thiazole rings is 1. The molecule has 33 heavy (non-hydrogen) atoms. The van der Waals surface area contributed by atoms with Crippen molar-refractivity contribution in [2.24, 2.45) is 0 Å². The summed E-state index contributed by atoms with van der Waals surface area (Å²) in [7, 11) is 1.55. The number of aliphatic hydroxyl groups is 1. The van der Waals surface area contributed by atoms with Crippen molar-refractivity contribution in [3.05, 3.63) is 95.1 Å². The van der Waals surface area contributed by atoms with E-state index in [-0.39, 0.29) is 11.3 Å². The Morgan fingerprint density at radius 1 is 1.03 bits per heavy atom. The number of benzene rings is 3. The van der Waals surface area contributed by atoms with Gasteiger partial charge >= 0.3 is 5.91 Å². The fourth-order valence-corrected chi connectivity index (χ4v) is 5.12. The van der Waals surface area contributed by atoms with E-state index in [9.17, 15) is 14.7 Å². The molecule has 1 atom stereocenters. The van der Waals surface area contributed by atoms with E-state index in [2.05, 4.69) is 4.98 Å². The third-order valence-corrected chi connectivity index (χ3v) is 6.66. The van der Waals surface area contributed by atoms with Gasteiger partial charge in [0, 0.05) is 5.56 Å². The van der Waals surface area contributed by atoms with Crippen LogP contribution in [0, 0.1) is 6.92 Å². The fraction of sp³-hybridized carbons (Fsp3) is 0.115. The van der Waals surface area contributed by atoms with Crippen LogP contribution in [0.2, 0.25) is 0 Å². The van der Waals surface area contributed by atoms with Gasteiger partial charge in [-0.2, -0.15) is 0 Å². The Balaban J connectivity index is 1.74. The zero-order valence-corrected chi connectivity index (χ0v) is 18.8. The molecule has 0 radical (unpaired) electrons. The summed E-state index contributed by atoms with van der Waals surface area (Å²) in [5.41, 5.74) is 2.95. The van der Waals surface area contributed by atoms with Gasteiger partial charge in [0.25, 0.3) is 5.78 Å². The molecular formula is C26H20N2O4S. The summed E-state index contributed by atoms with van der Waals surface area (Å²) in [5, 5.41) is 11.5. The molecule has 7 heteroatoms. The van der Waals surface area contributed by atoms with Gasteiger partial charge in [-0.15, -0.1) is 0 Å². The molecule has 6 nitrogen and oxygen atoms in total. The Morgan fingerprint density at radius 3 is 2.58 bits per heavy atom. The highest BCUT2D eigenvalue weighted by Gasteiger charge is 2.48. The lowest BCUT2D eigenvalue weighted by Crippen LogP contribution is -2.29. The number of Topliss-reactive ketones (excluding diaryl/α,β-unsaturated/α-hetero) is 1. The SMILES string of the molecule is COc1cccc([C@H]2C(=C(O)c3ccccc3)C(=O)C(=O)N2c2nc3ccc(C)cc3s2)c1. The number of carbonyl (C=O) groups excluding carboxylic acids is 2. The normalized spacial score (nSPS) is 17.6. The highest BCUT2D eigenvalue weighted by Crippen LogP contribution is 2.44. The Hall–Kier alpha value is -3.97. The van der Waals surface area contributed by atoms with Gasteiger partial charge in [-0.3, -0.25) is 14.5 Å². The van der Waals surface area contributed by atoms with E-state index in [0.717, 1.165) is 15.8 Å². The maximum atomic E-state index is 13.3. The first-order valence-electron chi connectivity index (χ1n) is 10.4. The largest absolute Gasteiger partial charge is 0.507 e. The van der Waals surface area contributed by atoms with Gasteiger partial charge < -0.3 is 9.84 Å². The molecule has 164 valence electrons. The number of methoxy groups -OCH3 is 1. The van der Waals surface area contributed by atoms with Crippen molar-refractivity contribution in [3.63, 3.8) is 0 Å². The summed E-state index contributed by atoms with van der Waals surface area (Å²) in [6.45, 7) is 1.99. The van der Waals surface area contributed by atoms with Crippen molar-refractivity contribution in [1.29, 1.82) is 0 Å². The van der Waals surface area contributed by atoms with E-state index >= 15 is 0 Å². The van der Waals surface area contributed by atoms with Crippen molar-refractivity contribution in [2.75, 3.05) is 12.0 Å². The van der Waals surface area contributed by atoms with E-state index in [1.54, 1.807) is 49.6 Å². The number of anilines is 1. The minimum absolute atomic E-state index is 0.0230. The third-order valence-electron chi connectivity index (χ3n) is 5.64. The van der Waals surface area contributed by atoms with E-state index in [1.165, 1.54) is 16.2 Å². The maximum absolute atomic E-state index is 13.3.